The van der Waals surface area contributed by atoms with E-state index in [0.717, 1.165) is 27.5 Å². The minimum absolute atomic E-state index is 0.213. The van der Waals surface area contributed by atoms with Crippen LogP contribution in [0, 0.1) is 30.9 Å². The van der Waals surface area contributed by atoms with Crippen molar-refractivity contribution in [2.45, 2.75) is 33.0 Å². The third kappa shape index (κ3) is 3.98. The molecule has 0 aliphatic heterocycles. The zero-order valence-corrected chi connectivity index (χ0v) is 22.8. The molecule has 0 N–H and O–H groups in total. The normalized spacial score (nSPS) is 13.2. The number of aryl methyl sites for hydroxylation is 3. The second-order valence-electron chi connectivity index (χ2n) is 10.8. The fourth-order valence-electron chi connectivity index (χ4n) is 5.65. The minimum atomic E-state index is -2.57. The molecule has 0 bridgehead atoms. The number of hydrogen-bond acceptors (Lipinski definition) is 2. The molecule has 0 atom stereocenters. The second-order valence-corrected chi connectivity index (χ2v) is 10.8. The van der Waals surface area contributed by atoms with E-state index in [1.807, 2.05) is 55.5 Å². The Labute approximate surface area is 238 Å². The highest BCUT2D eigenvalue weighted by atomic mass is 19.1. The molecule has 0 amide bonds. The Kier molecular flexibility index (Phi) is 5.23. The van der Waals surface area contributed by atoms with Crippen LogP contribution < -0.4 is 4.57 Å². The smallest absolute Gasteiger partial charge is 0.219 e. The molecular formula is C36H30FN2O+. The Morgan fingerprint density at radius 3 is 2.17 bits per heavy atom. The van der Waals surface area contributed by atoms with Gasteiger partial charge in [-0.2, -0.15) is 5.26 Å². The fraction of sp³-hybridized carbons (Fsp3) is 0.167. The van der Waals surface area contributed by atoms with Gasteiger partial charge in [0.25, 0.3) is 0 Å². The van der Waals surface area contributed by atoms with Crippen molar-refractivity contribution in [3.63, 3.8) is 0 Å². The van der Waals surface area contributed by atoms with Crippen LogP contribution in [0.1, 0.15) is 45.8 Å². The first-order valence-corrected chi connectivity index (χ1v) is 13.2. The number of pyridine rings is 1. The zero-order valence-electron chi connectivity index (χ0n) is 25.8. The Morgan fingerprint density at radius 2 is 1.50 bits per heavy atom. The summed E-state index contributed by atoms with van der Waals surface area (Å²) in [6.07, 6.45) is 1.32. The molecule has 2 aromatic heterocycles. The minimum Gasteiger partial charge on any atom is -0.454 e. The number of furan rings is 1. The second kappa shape index (κ2) is 9.47. The van der Waals surface area contributed by atoms with Gasteiger partial charge in [0.1, 0.15) is 24.0 Å². The van der Waals surface area contributed by atoms with Crippen molar-refractivity contribution in [3.8, 4) is 28.5 Å². The van der Waals surface area contributed by atoms with Gasteiger partial charge in [-0.25, -0.2) is 8.96 Å². The predicted octanol–water partition coefficient (Wildman–Crippen LogP) is 8.70. The summed E-state index contributed by atoms with van der Waals surface area (Å²) in [6, 6.07) is 29.8. The summed E-state index contributed by atoms with van der Waals surface area (Å²) in [4.78, 5) is 0. The largest absolute Gasteiger partial charge is 0.454 e. The maximum absolute atomic E-state index is 15.1. The highest BCUT2D eigenvalue weighted by Crippen LogP contribution is 2.42. The molecule has 0 fully saturated rings. The number of halogens is 1. The number of fused-ring (bicyclic) bond motifs is 3. The standard InChI is InChI=1S/C36H30FN2O/c1-22-11-17-28-29-18-14-25(20-38)33(24-12-15-27(16-13-24)36(3,4)26-9-7-6-8-10-26)35(29)40-34(28)32(22)31-19-30(37)23(2)21-39(31)5/h6-19,21H,1-5H3/q+1/i2D3. The Morgan fingerprint density at radius 1 is 0.850 bits per heavy atom. The van der Waals surface area contributed by atoms with Crippen molar-refractivity contribution in [1.82, 2.24) is 0 Å². The average Bonchev–Trinajstić information content (AvgIpc) is 3.36. The number of benzene rings is 4. The van der Waals surface area contributed by atoms with Crippen LogP contribution in [0.2, 0.25) is 0 Å². The van der Waals surface area contributed by atoms with Gasteiger partial charge < -0.3 is 4.42 Å². The molecule has 0 radical (unpaired) electrons. The molecule has 4 heteroatoms. The zero-order chi connectivity index (χ0) is 30.7. The lowest BCUT2D eigenvalue weighted by Gasteiger charge is -2.26. The van der Waals surface area contributed by atoms with Crippen LogP contribution in [0.15, 0.2) is 95.5 Å². The van der Waals surface area contributed by atoms with E-state index in [1.165, 1.54) is 17.8 Å². The monoisotopic (exact) mass is 528 g/mol. The molecule has 0 unspecified atom stereocenters. The van der Waals surface area contributed by atoms with Crippen molar-refractivity contribution in [3.05, 3.63) is 125 Å². The summed E-state index contributed by atoms with van der Waals surface area (Å²) < 4.78 is 46.5. The van der Waals surface area contributed by atoms with Gasteiger partial charge in [-0.1, -0.05) is 80.6 Å². The molecule has 0 saturated heterocycles. The number of nitrogens with zero attached hydrogens (tertiary/aromatic N) is 2. The molecule has 3 nitrogen and oxygen atoms in total. The fourth-order valence-corrected chi connectivity index (χ4v) is 5.65. The van der Waals surface area contributed by atoms with E-state index < -0.39 is 12.7 Å². The lowest BCUT2D eigenvalue weighted by molar-refractivity contribution is -0.661. The van der Waals surface area contributed by atoms with Gasteiger partial charge >= 0.3 is 0 Å². The molecule has 0 spiro atoms. The van der Waals surface area contributed by atoms with Crippen LogP contribution in [0.25, 0.3) is 44.3 Å². The molecule has 4 aromatic carbocycles. The molecule has 6 rings (SSSR count). The van der Waals surface area contributed by atoms with Gasteiger partial charge in [-0.3, -0.25) is 0 Å². The third-order valence-corrected chi connectivity index (χ3v) is 8.01. The number of nitriles is 1. The molecule has 2 heterocycles. The van der Waals surface area contributed by atoms with Crippen molar-refractivity contribution in [2.24, 2.45) is 7.05 Å². The lowest BCUT2D eigenvalue weighted by Crippen LogP contribution is -2.31. The van der Waals surface area contributed by atoms with Crippen molar-refractivity contribution in [2.75, 3.05) is 0 Å². The maximum Gasteiger partial charge on any atom is 0.219 e. The topological polar surface area (TPSA) is 40.8 Å². The lowest BCUT2D eigenvalue weighted by atomic mass is 9.78. The Bertz CT molecular complexity index is 2070. The summed E-state index contributed by atoms with van der Waals surface area (Å²) in [5.41, 5.74) is 6.94. The summed E-state index contributed by atoms with van der Waals surface area (Å²) >= 11 is 0. The van der Waals surface area contributed by atoms with Gasteiger partial charge in [-0.05, 0) is 48.2 Å². The van der Waals surface area contributed by atoms with E-state index >= 15 is 4.39 Å². The molecular weight excluding hydrogens is 495 g/mol. The average molecular weight is 529 g/mol. The molecule has 0 saturated carbocycles. The summed E-state index contributed by atoms with van der Waals surface area (Å²) in [5.74, 6) is -0.799. The van der Waals surface area contributed by atoms with Gasteiger partial charge in [-0.15, -0.1) is 0 Å². The molecule has 6 aromatic rings. The Balaban J connectivity index is 1.55. The van der Waals surface area contributed by atoms with E-state index in [2.05, 4.69) is 44.2 Å². The quantitative estimate of drug-likeness (QED) is 0.215. The first kappa shape index (κ1) is 22.1. The van der Waals surface area contributed by atoms with Crippen LogP contribution in [0.5, 0.6) is 0 Å². The number of rotatable bonds is 4. The summed E-state index contributed by atoms with van der Waals surface area (Å²) in [6.45, 7) is 3.71. The van der Waals surface area contributed by atoms with Crippen LogP contribution in [0.3, 0.4) is 0 Å². The van der Waals surface area contributed by atoms with E-state index in [1.54, 1.807) is 17.7 Å². The van der Waals surface area contributed by atoms with Gasteiger partial charge in [0, 0.05) is 37.5 Å². The molecule has 0 aliphatic rings. The first-order valence-electron chi connectivity index (χ1n) is 14.7. The van der Waals surface area contributed by atoms with Crippen molar-refractivity contribution >= 4 is 21.9 Å². The summed E-state index contributed by atoms with van der Waals surface area (Å²) in [7, 11) is 1.70. The van der Waals surface area contributed by atoms with Gasteiger partial charge in [0.2, 0.25) is 5.69 Å². The molecule has 40 heavy (non-hydrogen) atoms. The van der Waals surface area contributed by atoms with E-state index in [-0.39, 0.29) is 11.0 Å². The van der Waals surface area contributed by atoms with Crippen LogP contribution in [0.4, 0.5) is 4.39 Å². The highest BCUT2D eigenvalue weighted by Gasteiger charge is 2.26. The Hall–Kier alpha value is -4.75. The third-order valence-electron chi connectivity index (χ3n) is 8.01. The van der Waals surface area contributed by atoms with Crippen molar-refractivity contribution < 1.29 is 17.5 Å². The van der Waals surface area contributed by atoms with E-state index in [0.29, 0.717) is 33.6 Å². The number of hydrogen-bond donors (Lipinski definition) is 0. The van der Waals surface area contributed by atoms with Crippen molar-refractivity contribution in [1.29, 1.82) is 5.26 Å². The predicted molar refractivity (Wildman–Crippen MR) is 158 cm³/mol. The molecule has 196 valence electrons. The van der Waals surface area contributed by atoms with Gasteiger partial charge in [0.15, 0.2) is 6.20 Å². The SMILES string of the molecule is [2H]C([2H])([2H])c1c[n+](C)c(-c2c(C)ccc3c2oc2c(-c4ccc(C(C)(C)c5ccccc5)cc4)c(C#N)ccc23)cc1F. The van der Waals surface area contributed by atoms with Crippen LogP contribution in [-0.4, -0.2) is 0 Å². The first-order chi connectivity index (χ1) is 20.4. The van der Waals surface area contributed by atoms with E-state index in [9.17, 15) is 5.26 Å². The summed E-state index contributed by atoms with van der Waals surface area (Å²) in [5, 5.41) is 11.8. The number of aromatic nitrogens is 1. The molecule has 0 aliphatic carbocycles. The highest BCUT2D eigenvalue weighted by molar-refractivity contribution is 6.14. The van der Waals surface area contributed by atoms with Crippen LogP contribution >= 0.6 is 0 Å². The van der Waals surface area contributed by atoms with Gasteiger partial charge in [0.05, 0.1) is 17.2 Å². The van der Waals surface area contributed by atoms with E-state index in [4.69, 9.17) is 8.53 Å². The van der Waals surface area contributed by atoms with Crippen LogP contribution in [-0.2, 0) is 12.5 Å². The maximum atomic E-state index is 15.1.